The second-order valence-electron chi connectivity index (χ2n) is 7.13. The van der Waals surface area contributed by atoms with Crippen molar-refractivity contribution >= 4 is 21.6 Å². The van der Waals surface area contributed by atoms with Gasteiger partial charge in [-0.2, -0.15) is 0 Å². The summed E-state index contributed by atoms with van der Waals surface area (Å²) in [6.45, 7) is 1.66. The molecule has 1 saturated heterocycles. The molecule has 6 heteroatoms. The van der Waals surface area contributed by atoms with Crippen molar-refractivity contribution in [2.24, 2.45) is 0 Å². The van der Waals surface area contributed by atoms with Crippen LogP contribution in [-0.2, 0) is 6.54 Å². The van der Waals surface area contributed by atoms with Crippen LogP contribution in [0, 0.1) is 5.82 Å². The van der Waals surface area contributed by atoms with E-state index in [2.05, 4.69) is 28.1 Å². The van der Waals surface area contributed by atoms with Crippen LogP contribution in [0.25, 0.3) is 21.5 Å². The lowest BCUT2D eigenvalue weighted by molar-refractivity contribution is 0.128. The molecule has 142 valence electrons. The number of rotatable bonds is 4. The number of thiazole rings is 1. The highest BCUT2D eigenvalue weighted by molar-refractivity contribution is 7.18. The molecule has 0 N–H and O–H groups in total. The molecule has 0 aliphatic carbocycles. The molecule has 4 aromatic rings. The van der Waals surface area contributed by atoms with E-state index >= 15 is 0 Å². The van der Waals surface area contributed by atoms with E-state index in [-0.39, 0.29) is 5.82 Å². The summed E-state index contributed by atoms with van der Waals surface area (Å²) in [7, 11) is 0. The van der Waals surface area contributed by atoms with Gasteiger partial charge in [0.25, 0.3) is 0 Å². The first-order chi connectivity index (χ1) is 13.8. The predicted octanol–water partition coefficient (Wildman–Crippen LogP) is 5.82. The van der Waals surface area contributed by atoms with E-state index in [9.17, 15) is 4.39 Å². The highest BCUT2D eigenvalue weighted by Crippen LogP contribution is 2.36. The minimum absolute atomic E-state index is 0.254. The Morgan fingerprint density at radius 3 is 2.82 bits per heavy atom. The van der Waals surface area contributed by atoms with Gasteiger partial charge in [0.05, 0.1) is 29.0 Å². The summed E-state index contributed by atoms with van der Waals surface area (Å²) in [6.07, 6.45) is 5.21. The van der Waals surface area contributed by atoms with E-state index in [0.717, 1.165) is 24.0 Å². The molecule has 28 heavy (non-hydrogen) atoms. The highest BCUT2D eigenvalue weighted by atomic mass is 32.1. The molecule has 0 radical (unpaired) electrons. The lowest BCUT2D eigenvalue weighted by Gasteiger charge is -2.33. The number of piperidine rings is 1. The summed E-state index contributed by atoms with van der Waals surface area (Å²) in [4.78, 5) is 11.8. The normalized spacial score (nSPS) is 18.0. The molecule has 1 aliphatic heterocycles. The van der Waals surface area contributed by atoms with Crippen molar-refractivity contribution in [3.05, 3.63) is 71.4 Å². The van der Waals surface area contributed by atoms with Gasteiger partial charge in [-0.3, -0.25) is 4.90 Å². The Labute approximate surface area is 166 Å². The Bertz CT molecular complexity index is 1060. The summed E-state index contributed by atoms with van der Waals surface area (Å²) in [5.74, 6) is 1.10. The zero-order valence-corrected chi connectivity index (χ0v) is 16.2. The summed E-state index contributed by atoms with van der Waals surface area (Å²) in [5.41, 5.74) is 1.91. The summed E-state index contributed by atoms with van der Waals surface area (Å²) in [6, 6.07) is 14.9. The third kappa shape index (κ3) is 3.45. The average Bonchev–Trinajstić information content (AvgIpc) is 3.36. The number of benzene rings is 2. The number of oxazole rings is 1. The fourth-order valence-electron chi connectivity index (χ4n) is 3.80. The molecule has 1 aliphatic rings. The van der Waals surface area contributed by atoms with Crippen LogP contribution in [0.5, 0.6) is 0 Å². The molecule has 2 aromatic heterocycles. The van der Waals surface area contributed by atoms with Crippen LogP contribution >= 0.6 is 11.3 Å². The zero-order chi connectivity index (χ0) is 18.9. The number of halogens is 1. The first kappa shape index (κ1) is 17.5. The van der Waals surface area contributed by atoms with Gasteiger partial charge in [0.15, 0.2) is 5.76 Å². The number of hydrogen-bond donors (Lipinski definition) is 0. The van der Waals surface area contributed by atoms with E-state index in [0.29, 0.717) is 24.2 Å². The van der Waals surface area contributed by atoms with Gasteiger partial charge >= 0.3 is 0 Å². The third-order valence-electron chi connectivity index (χ3n) is 5.23. The molecular weight excluding hydrogens is 373 g/mol. The predicted molar refractivity (Wildman–Crippen MR) is 109 cm³/mol. The van der Waals surface area contributed by atoms with Gasteiger partial charge in [0.2, 0.25) is 5.89 Å². The van der Waals surface area contributed by atoms with Crippen LogP contribution in [-0.4, -0.2) is 21.4 Å². The van der Waals surface area contributed by atoms with E-state index in [1.54, 1.807) is 29.7 Å². The van der Waals surface area contributed by atoms with Crippen LogP contribution in [0.15, 0.2) is 59.1 Å². The number of para-hydroxylation sites is 1. The Kier molecular flexibility index (Phi) is 4.66. The molecule has 0 spiro atoms. The minimum Gasteiger partial charge on any atom is -0.439 e. The van der Waals surface area contributed by atoms with Gasteiger partial charge in [0, 0.05) is 5.56 Å². The Morgan fingerprint density at radius 1 is 1.11 bits per heavy atom. The minimum atomic E-state index is -0.254. The number of nitrogens with zero attached hydrogens (tertiary/aromatic N) is 3. The molecule has 4 nitrogen and oxygen atoms in total. The van der Waals surface area contributed by atoms with Crippen molar-refractivity contribution in [3.8, 4) is 11.3 Å². The maximum atomic E-state index is 13.1. The molecule has 0 amide bonds. The first-order valence-corrected chi connectivity index (χ1v) is 10.4. The van der Waals surface area contributed by atoms with Gasteiger partial charge in [-0.15, -0.1) is 11.3 Å². The quantitative estimate of drug-likeness (QED) is 0.438. The fraction of sp³-hybridized carbons (Fsp3) is 0.273. The van der Waals surface area contributed by atoms with Crippen LogP contribution < -0.4 is 0 Å². The molecule has 0 saturated carbocycles. The molecule has 1 fully saturated rings. The van der Waals surface area contributed by atoms with Crippen molar-refractivity contribution < 1.29 is 8.81 Å². The molecule has 5 rings (SSSR count). The van der Waals surface area contributed by atoms with Crippen LogP contribution in [0.4, 0.5) is 4.39 Å². The molecule has 3 heterocycles. The lowest BCUT2D eigenvalue weighted by atomic mass is 10.0. The first-order valence-electron chi connectivity index (χ1n) is 9.56. The maximum Gasteiger partial charge on any atom is 0.209 e. The smallest absolute Gasteiger partial charge is 0.209 e. The highest BCUT2D eigenvalue weighted by Gasteiger charge is 2.28. The SMILES string of the molecule is Fc1ccc(-c2cnc(CN3CCCC[C@@H]3c3nc4ccccc4s3)o2)cc1. The van der Waals surface area contributed by atoms with Gasteiger partial charge < -0.3 is 4.42 Å². The zero-order valence-electron chi connectivity index (χ0n) is 15.3. The number of likely N-dealkylation sites (tertiary alicyclic amines) is 1. The van der Waals surface area contributed by atoms with E-state index < -0.39 is 0 Å². The topological polar surface area (TPSA) is 42.2 Å². The van der Waals surface area contributed by atoms with Gasteiger partial charge in [-0.25, -0.2) is 14.4 Å². The third-order valence-corrected chi connectivity index (χ3v) is 6.37. The summed E-state index contributed by atoms with van der Waals surface area (Å²) in [5, 5.41) is 1.17. The largest absolute Gasteiger partial charge is 0.439 e. The van der Waals surface area contributed by atoms with Crippen molar-refractivity contribution in [1.82, 2.24) is 14.9 Å². The second-order valence-corrected chi connectivity index (χ2v) is 8.19. The molecule has 0 unspecified atom stereocenters. The molecule has 2 aromatic carbocycles. The van der Waals surface area contributed by atoms with E-state index in [1.807, 2.05) is 6.07 Å². The van der Waals surface area contributed by atoms with Gasteiger partial charge in [0.1, 0.15) is 10.8 Å². The van der Waals surface area contributed by atoms with Crippen LogP contribution in [0.2, 0.25) is 0 Å². The molecule has 0 bridgehead atoms. The summed E-state index contributed by atoms with van der Waals surface area (Å²) < 4.78 is 20.3. The Hall–Kier alpha value is -2.57. The van der Waals surface area contributed by atoms with Crippen molar-refractivity contribution in [3.63, 3.8) is 0 Å². The van der Waals surface area contributed by atoms with Gasteiger partial charge in [-0.1, -0.05) is 18.6 Å². The second kappa shape index (κ2) is 7.45. The maximum absolute atomic E-state index is 13.1. The van der Waals surface area contributed by atoms with E-state index in [1.165, 1.54) is 34.7 Å². The average molecular weight is 393 g/mol. The monoisotopic (exact) mass is 393 g/mol. The van der Waals surface area contributed by atoms with Crippen LogP contribution in [0.3, 0.4) is 0 Å². The van der Waals surface area contributed by atoms with Crippen LogP contribution in [0.1, 0.15) is 36.2 Å². The Balaban J connectivity index is 1.38. The number of aromatic nitrogens is 2. The van der Waals surface area contributed by atoms with Crippen molar-refractivity contribution in [2.45, 2.75) is 31.8 Å². The molecular formula is C22H20FN3OS. The summed E-state index contributed by atoms with van der Waals surface area (Å²) >= 11 is 1.78. The van der Waals surface area contributed by atoms with Gasteiger partial charge in [-0.05, 0) is 55.8 Å². The lowest BCUT2D eigenvalue weighted by Crippen LogP contribution is -2.32. The van der Waals surface area contributed by atoms with Crippen molar-refractivity contribution in [2.75, 3.05) is 6.54 Å². The van der Waals surface area contributed by atoms with Crippen molar-refractivity contribution in [1.29, 1.82) is 0 Å². The number of fused-ring (bicyclic) bond motifs is 1. The Morgan fingerprint density at radius 2 is 1.96 bits per heavy atom. The number of hydrogen-bond acceptors (Lipinski definition) is 5. The van der Waals surface area contributed by atoms with E-state index in [4.69, 9.17) is 9.40 Å². The standard InChI is InChI=1S/C22H20FN3OS/c23-16-10-8-15(9-11-16)19-13-24-21(27-19)14-26-12-4-3-6-18(26)22-25-17-5-1-2-7-20(17)28-22/h1-2,5,7-11,13,18H,3-4,6,12,14H2/t18-/m1/s1. The fourth-order valence-corrected chi connectivity index (χ4v) is 4.93. The molecule has 1 atom stereocenters.